The highest BCUT2D eigenvalue weighted by Gasteiger charge is 2.33. The number of nitrogens with zero attached hydrogens (tertiary/aromatic N) is 1. The summed E-state index contributed by atoms with van der Waals surface area (Å²) in [5, 5.41) is 0.665. The Morgan fingerprint density at radius 2 is 1.92 bits per heavy atom. The second kappa shape index (κ2) is 8.00. The van der Waals surface area contributed by atoms with Gasteiger partial charge in [-0.25, -0.2) is 0 Å². The number of fused-ring (bicyclic) bond motifs is 1. The van der Waals surface area contributed by atoms with E-state index in [4.69, 9.17) is 21.1 Å². The van der Waals surface area contributed by atoms with Crippen molar-refractivity contribution in [2.75, 3.05) is 20.8 Å². The van der Waals surface area contributed by atoms with Gasteiger partial charge in [-0.3, -0.25) is 4.79 Å². The van der Waals surface area contributed by atoms with Crippen molar-refractivity contribution in [3.8, 4) is 11.5 Å². The molecular formula is C21H24ClNO3. The number of halogens is 1. The quantitative estimate of drug-likeness (QED) is 0.766. The molecule has 1 aliphatic heterocycles. The zero-order valence-corrected chi connectivity index (χ0v) is 16.2. The summed E-state index contributed by atoms with van der Waals surface area (Å²) in [6.07, 6.45) is 2.16. The SMILES string of the molecule is CCCC(=O)N1CCc2cc(OC)c(OC)cc2C1c1cccc(Cl)c1. The number of carbonyl (C=O) groups excluding carboxylic acids is 1. The van der Waals surface area contributed by atoms with Crippen LogP contribution in [0, 0.1) is 0 Å². The van der Waals surface area contributed by atoms with E-state index in [0.717, 1.165) is 24.0 Å². The van der Waals surface area contributed by atoms with Crippen LogP contribution < -0.4 is 9.47 Å². The van der Waals surface area contributed by atoms with Gasteiger partial charge in [-0.1, -0.05) is 30.7 Å². The van der Waals surface area contributed by atoms with Gasteiger partial charge in [0.25, 0.3) is 0 Å². The Kier molecular flexibility index (Phi) is 5.72. The van der Waals surface area contributed by atoms with Crippen molar-refractivity contribution in [2.45, 2.75) is 32.2 Å². The van der Waals surface area contributed by atoms with Crippen LogP contribution >= 0.6 is 11.6 Å². The van der Waals surface area contributed by atoms with E-state index in [1.54, 1.807) is 14.2 Å². The molecule has 0 fully saturated rings. The highest BCUT2D eigenvalue weighted by atomic mass is 35.5. The first kappa shape index (κ1) is 18.6. The Bertz CT molecular complexity index is 806. The van der Waals surface area contributed by atoms with E-state index in [1.165, 1.54) is 5.56 Å². The molecule has 0 aliphatic carbocycles. The van der Waals surface area contributed by atoms with Gasteiger partial charge in [-0.05, 0) is 53.8 Å². The Hall–Kier alpha value is -2.20. The van der Waals surface area contributed by atoms with Gasteiger partial charge in [-0.15, -0.1) is 0 Å². The fraction of sp³-hybridized carbons (Fsp3) is 0.381. The molecule has 2 aromatic rings. The molecule has 5 heteroatoms. The van der Waals surface area contributed by atoms with Crippen molar-refractivity contribution in [3.63, 3.8) is 0 Å². The van der Waals surface area contributed by atoms with Gasteiger partial charge in [0.15, 0.2) is 11.5 Å². The number of methoxy groups -OCH3 is 2. The molecule has 0 bridgehead atoms. The van der Waals surface area contributed by atoms with Gasteiger partial charge in [0.05, 0.1) is 20.3 Å². The zero-order valence-electron chi connectivity index (χ0n) is 15.4. The Labute approximate surface area is 159 Å². The lowest BCUT2D eigenvalue weighted by Crippen LogP contribution is -2.40. The van der Waals surface area contributed by atoms with Gasteiger partial charge in [0, 0.05) is 18.0 Å². The van der Waals surface area contributed by atoms with E-state index in [2.05, 4.69) is 0 Å². The fourth-order valence-corrected chi connectivity index (χ4v) is 3.81. The average Bonchev–Trinajstić information content (AvgIpc) is 2.65. The molecule has 0 radical (unpaired) electrons. The van der Waals surface area contributed by atoms with Crippen molar-refractivity contribution in [2.24, 2.45) is 0 Å². The molecule has 1 unspecified atom stereocenters. The maximum absolute atomic E-state index is 12.8. The number of amides is 1. The number of benzene rings is 2. The van der Waals surface area contributed by atoms with E-state index >= 15 is 0 Å². The van der Waals surface area contributed by atoms with Crippen LogP contribution in [-0.2, 0) is 11.2 Å². The summed E-state index contributed by atoms with van der Waals surface area (Å²) in [6, 6.07) is 11.6. The van der Waals surface area contributed by atoms with Crippen LogP contribution in [0.2, 0.25) is 5.02 Å². The topological polar surface area (TPSA) is 38.8 Å². The molecule has 1 aliphatic rings. The van der Waals surface area contributed by atoms with Crippen LogP contribution in [0.4, 0.5) is 0 Å². The third-order valence-corrected chi connectivity index (χ3v) is 5.06. The lowest BCUT2D eigenvalue weighted by molar-refractivity contribution is -0.133. The van der Waals surface area contributed by atoms with Crippen LogP contribution in [-0.4, -0.2) is 31.6 Å². The minimum atomic E-state index is -0.170. The lowest BCUT2D eigenvalue weighted by Gasteiger charge is -2.38. The van der Waals surface area contributed by atoms with Gasteiger partial charge in [0.2, 0.25) is 5.91 Å². The average molecular weight is 374 g/mol. The molecule has 138 valence electrons. The predicted octanol–water partition coefficient (Wildman–Crippen LogP) is 4.63. The summed E-state index contributed by atoms with van der Waals surface area (Å²) in [7, 11) is 3.26. The second-order valence-corrected chi connectivity index (χ2v) is 6.89. The first-order chi connectivity index (χ1) is 12.6. The molecule has 0 aromatic heterocycles. The van der Waals surface area contributed by atoms with Crippen LogP contribution in [0.1, 0.15) is 42.5 Å². The number of hydrogen-bond acceptors (Lipinski definition) is 3. The first-order valence-corrected chi connectivity index (χ1v) is 9.26. The molecule has 0 saturated heterocycles. The maximum Gasteiger partial charge on any atom is 0.223 e. The summed E-state index contributed by atoms with van der Waals surface area (Å²) in [4.78, 5) is 14.8. The van der Waals surface area contributed by atoms with E-state index in [1.807, 2.05) is 48.2 Å². The fourth-order valence-electron chi connectivity index (χ4n) is 3.61. The van der Waals surface area contributed by atoms with Gasteiger partial charge in [-0.2, -0.15) is 0 Å². The largest absolute Gasteiger partial charge is 0.493 e. The first-order valence-electron chi connectivity index (χ1n) is 8.88. The Balaban J connectivity index is 2.15. The van der Waals surface area contributed by atoms with E-state index in [-0.39, 0.29) is 11.9 Å². The highest BCUT2D eigenvalue weighted by molar-refractivity contribution is 6.30. The van der Waals surface area contributed by atoms with Gasteiger partial charge < -0.3 is 14.4 Å². The molecule has 0 spiro atoms. The predicted molar refractivity (Wildman–Crippen MR) is 103 cm³/mol. The standard InChI is InChI=1S/C21H24ClNO3/c1-4-6-20(24)23-10-9-14-12-18(25-2)19(26-3)13-17(14)21(23)15-7-5-8-16(22)11-15/h5,7-8,11-13,21H,4,6,9-10H2,1-3H3. The summed E-state index contributed by atoms with van der Waals surface area (Å²) < 4.78 is 10.9. The minimum Gasteiger partial charge on any atom is -0.493 e. The highest BCUT2D eigenvalue weighted by Crippen LogP contribution is 2.41. The summed E-state index contributed by atoms with van der Waals surface area (Å²) in [6.45, 7) is 2.70. The lowest BCUT2D eigenvalue weighted by atomic mass is 9.87. The number of rotatable bonds is 5. The van der Waals surface area contributed by atoms with E-state index < -0.39 is 0 Å². The maximum atomic E-state index is 12.8. The van der Waals surface area contributed by atoms with E-state index in [0.29, 0.717) is 29.5 Å². The summed E-state index contributed by atoms with van der Waals surface area (Å²) in [5.41, 5.74) is 3.25. The molecule has 2 aromatic carbocycles. The number of hydrogen-bond donors (Lipinski definition) is 0. The molecule has 0 N–H and O–H groups in total. The molecule has 4 nitrogen and oxygen atoms in total. The van der Waals surface area contributed by atoms with Crippen molar-refractivity contribution in [3.05, 3.63) is 58.1 Å². The summed E-state index contributed by atoms with van der Waals surface area (Å²) in [5.74, 6) is 1.55. The normalized spacial score (nSPS) is 16.2. The van der Waals surface area contributed by atoms with Gasteiger partial charge >= 0.3 is 0 Å². The van der Waals surface area contributed by atoms with Crippen LogP contribution in [0.15, 0.2) is 36.4 Å². The van der Waals surface area contributed by atoms with Crippen molar-refractivity contribution in [1.82, 2.24) is 4.90 Å². The van der Waals surface area contributed by atoms with Crippen molar-refractivity contribution >= 4 is 17.5 Å². The van der Waals surface area contributed by atoms with E-state index in [9.17, 15) is 4.79 Å². The molecule has 1 heterocycles. The second-order valence-electron chi connectivity index (χ2n) is 6.45. The van der Waals surface area contributed by atoms with Crippen molar-refractivity contribution < 1.29 is 14.3 Å². The molecule has 0 saturated carbocycles. The van der Waals surface area contributed by atoms with Crippen LogP contribution in [0.3, 0.4) is 0 Å². The summed E-state index contributed by atoms with van der Waals surface area (Å²) >= 11 is 6.24. The monoisotopic (exact) mass is 373 g/mol. The van der Waals surface area contributed by atoms with Crippen LogP contribution in [0.5, 0.6) is 11.5 Å². The molecule has 1 amide bonds. The Morgan fingerprint density at radius 3 is 2.58 bits per heavy atom. The Morgan fingerprint density at radius 1 is 1.19 bits per heavy atom. The van der Waals surface area contributed by atoms with Gasteiger partial charge in [0.1, 0.15) is 0 Å². The third-order valence-electron chi connectivity index (χ3n) is 4.82. The van der Waals surface area contributed by atoms with Crippen molar-refractivity contribution in [1.29, 1.82) is 0 Å². The minimum absolute atomic E-state index is 0.165. The smallest absolute Gasteiger partial charge is 0.223 e. The number of carbonyl (C=O) groups is 1. The molecule has 26 heavy (non-hydrogen) atoms. The molecular weight excluding hydrogens is 350 g/mol. The zero-order chi connectivity index (χ0) is 18.7. The number of ether oxygens (including phenoxy) is 2. The molecule has 3 rings (SSSR count). The molecule has 1 atom stereocenters. The van der Waals surface area contributed by atoms with Crippen LogP contribution in [0.25, 0.3) is 0 Å². The third kappa shape index (κ3) is 3.51.